The van der Waals surface area contributed by atoms with E-state index in [4.69, 9.17) is 13.1 Å². The van der Waals surface area contributed by atoms with Gasteiger partial charge in [-0.25, -0.2) is 0 Å². The van der Waals surface area contributed by atoms with E-state index in [9.17, 15) is 0 Å². The predicted molar refractivity (Wildman–Crippen MR) is 23.9 cm³/mol. The van der Waals surface area contributed by atoms with Gasteiger partial charge in [-0.05, 0) is 15.9 Å². The van der Waals surface area contributed by atoms with Crippen molar-refractivity contribution >= 4 is 28.3 Å². The average molecular weight is 134 g/mol. The van der Waals surface area contributed by atoms with Gasteiger partial charge >= 0.3 is 0 Å². The Hall–Kier alpha value is 0.0149. The lowest BCUT2D eigenvalue weighted by Gasteiger charge is -1.69. The van der Waals surface area contributed by atoms with Crippen molar-refractivity contribution in [1.29, 1.82) is 0 Å². The fourth-order valence-electron chi connectivity index (χ4n) is 0. The van der Waals surface area contributed by atoms with E-state index >= 15 is 0 Å². The zero-order chi connectivity index (χ0) is 4.28. The molecule has 0 rings (SSSR count). The van der Waals surface area contributed by atoms with Gasteiger partial charge in [-0.2, -0.15) is 0 Å². The quantitative estimate of drug-likeness (QED) is 0.219. The normalized spacial score (nSPS) is 11.8. The molecular formula is CHBBrNO. The first-order chi connectivity index (χ1) is 2.27. The molecule has 0 saturated heterocycles. The third-order valence-electron chi connectivity index (χ3n) is 0.0955. The van der Waals surface area contributed by atoms with Gasteiger partial charge in [0.05, 0.1) is 4.52 Å². The highest BCUT2D eigenvalue weighted by molar-refractivity contribution is 9.19. The number of oxime groups is 1. The van der Waals surface area contributed by atoms with E-state index in [-0.39, 0.29) is 4.52 Å². The van der Waals surface area contributed by atoms with Crippen LogP contribution in [0.1, 0.15) is 0 Å². The maximum absolute atomic E-state index is 7.56. The molecule has 0 amide bonds. The molecule has 0 unspecified atom stereocenters. The minimum Gasteiger partial charge on any atom is -0.411 e. The molecule has 0 atom stereocenters. The molecule has 0 aromatic heterocycles. The first-order valence-corrected chi connectivity index (χ1v) is 1.69. The summed E-state index contributed by atoms with van der Waals surface area (Å²) in [6.07, 6.45) is 0. The molecule has 0 bridgehead atoms. The molecule has 0 fully saturated rings. The third-order valence-corrected chi connectivity index (χ3v) is 0.254. The maximum Gasteiger partial charge on any atom is 0.157 e. The molecule has 0 aromatic carbocycles. The van der Waals surface area contributed by atoms with Gasteiger partial charge in [0.1, 0.15) is 0 Å². The third kappa shape index (κ3) is 4.01. The van der Waals surface area contributed by atoms with E-state index in [1.165, 1.54) is 0 Å². The number of halogens is 1. The van der Waals surface area contributed by atoms with Crippen LogP contribution in [0.4, 0.5) is 0 Å². The minimum absolute atomic E-state index is 0.00231. The Morgan fingerprint density at radius 1 is 2.00 bits per heavy atom. The highest BCUT2D eigenvalue weighted by atomic mass is 79.9. The summed E-state index contributed by atoms with van der Waals surface area (Å²) in [6, 6.07) is 0. The van der Waals surface area contributed by atoms with Crippen LogP contribution in [0.2, 0.25) is 0 Å². The number of hydrogen-bond acceptors (Lipinski definition) is 2. The Bertz CT molecular complexity index is 49.6. The second-order valence-electron chi connectivity index (χ2n) is 0.423. The molecule has 5 heavy (non-hydrogen) atoms. The van der Waals surface area contributed by atoms with Crippen molar-refractivity contribution < 1.29 is 5.21 Å². The highest BCUT2D eigenvalue weighted by Crippen LogP contribution is 1.76. The lowest BCUT2D eigenvalue weighted by atomic mass is 10.2. The summed E-state index contributed by atoms with van der Waals surface area (Å²) in [5, 5.41) is 10.1. The van der Waals surface area contributed by atoms with Crippen LogP contribution in [-0.2, 0) is 0 Å². The van der Waals surface area contributed by atoms with Crippen LogP contribution in [0.25, 0.3) is 0 Å². The van der Waals surface area contributed by atoms with Gasteiger partial charge in [-0.3, -0.25) is 0 Å². The summed E-state index contributed by atoms with van der Waals surface area (Å²) < 4.78 is -0.00231. The first-order valence-electron chi connectivity index (χ1n) is 0.901. The van der Waals surface area contributed by atoms with Crippen molar-refractivity contribution in [2.24, 2.45) is 5.16 Å². The smallest absolute Gasteiger partial charge is 0.157 e. The van der Waals surface area contributed by atoms with Gasteiger partial charge in [-0.15, -0.1) is 0 Å². The summed E-state index contributed by atoms with van der Waals surface area (Å²) in [5.74, 6) is 0. The molecule has 0 heterocycles. The van der Waals surface area contributed by atoms with Crippen molar-refractivity contribution in [3.63, 3.8) is 0 Å². The standard InChI is InChI=1S/CHBBrNO/c2-1(3)4-5/h5H/b4-1-. The van der Waals surface area contributed by atoms with Gasteiger partial charge in [0.2, 0.25) is 0 Å². The van der Waals surface area contributed by atoms with E-state index in [2.05, 4.69) is 21.1 Å². The fraction of sp³-hybridized carbons (Fsp3) is 0. The van der Waals surface area contributed by atoms with E-state index in [1.54, 1.807) is 0 Å². The molecular weight excluding hydrogens is 133 g/mol. The van der Waals surface area contributed by atoms with Gasteiger partial charge < -0.3 is 5.21 Å². The van der Waals surface area contributed by atoms with Crippen LogP contribution >= 0.6 is 15.9 Å². The summed E-state index contributed by atoms with van der Waals surface area (Å²) in [7, 11) is 4.71. The summed E-state index contributed by atoms with van der Waals surface area (Å²) in [4.78, 5) is 0. The Balaban J connectivity index is 3.14. The first kappa shape index (κ1) is 5.01. The van der Waals surface area contributed by atoms with Crippen LogP contribution in [0.5, 0.6) is 0 Å². The topological polar surface area (TPSA) is 32.6 Å². The highest BCUT2D eigenvalue weighted by Gasteiger charge is 1.69. The number of nitrogens with zero attached hydrogens (tertiary/aromatic N) is 1. The van der Waals surface area contributed by atoms with Crippen LogP contribution in [0.15, 0.2) is 5.16 Å². The molecule has 0 aliphatic rings. The molecule has 0 aliphatic heterocycles. The van der Waals surface area contributed by atoms with Crippen molar-refractivity contribution in [3.8, 4) is 0 Å². The Morgan fingerprint density at radius 3 is 2.20 bits per heavy atom. The van der Waals surface area contributed by atoms with E-state index in [0.717, 1.165) is 0 Å². The maximum atomic E-state index is 7.56. The molecule has 2 nitrogen and oxygen atoms in total. The van der Waals surface area contributed by atoms with Crippen molar-refractivity contribution in [1.82, 2.24) is 0 Å². The van der Waals surface area contributed by atoms with Crippen LogP contribution in [0, 0.1) is 0 Å². The number of hydrogen-bond donors (Lipinski definition) is 1. The predicted octanol–water partition coefficient (Wildman–Crippen LogP) is 0.295. The van der Waals surface area contributed by atoms with Gasteiger partial charge in [0.15, 0.2) is 7.85 Å². The van der Waals surface area contributed by atoms with Crippen LogP contribution < -0.4 is 0 Å². The Labute approximate surface area is 39.4 Å². The monoisotopic (exact) mass is 133 g/mol. The second kappa shape index (κ2) is 2.26. The molecule has 0 aromatic rings. The molecule has 0 aliphatic carbocycles. The lowest BCUT2D eigenvalue weighted by molar-refractivity contribution is 0.322. The SMILES string of the molecule is [B]/C(Br)=N/O. The van der Waals surface area contributed by atoms with Gasteiger partial charge in [-0.1, -0.05) is 5.16 Å². The van der Waals surface area contributed by atoms with Crippen LogP contribution in [-0.4, -0.2) is 17.6 Å². The molecule has 0 spiro atoms. The van der Waals surface area contributed by atoms with E-state index in [1.807, 2.05) is 0 Å². The summed E-state index contributed by atoms with van der Waals surface area (Å²) >= 11 is 2.65. The van der Waals surface area contributed by atoms with Gasteiger partial charge in [0.25, 0.3) is 0 Å². The minimum atomic E-state index is -0.00231. The fourth-order valence-corrected chi connectivity index (χ4v) is 0. The zero-order valence-electron chi connectivity index (χ0n) is 2.35. The van der Waals surface area contributed by atoms with Crippen molar-refractivity contribution in [2.75, 3.05) is 0 Å². The molecule has 2 radical (unpaired) electrons. The van der Waals surface area contributed by atoms with Crippen molar-refractivity contribution in [3.05, 3.63) is 0 Å². The van der Waals surface area contributed by atoms with Crippen LogP contribution in [0.3, 0.4) is 0 Å². The van der Waals surface area contributed by atoms with Crippen molar-refractivity contribution in [2.45, 2.75) is 0 Å². The van der Waals surface area contributed by atoms with E-state index in [0.29, 0.717) is 0 Å². The molecule has 0 saturated carbocycles. The number of rotatable bonds is 0. The summed E-state index contributed by atoms with van der Waals surface area (Å²) in [5.41, 5.74) is 0. The second-order valence-corrected chi connectivity index (χ2v) is 1.24. The lowest BCUT2D eigenvalue weighted by Crippen LogP contribution is -1.77. The largest absolute Gasteiger partial charge is 0.411 e. The molecule has 4 heteroatoms. The van der Waals surface area contributed by atoms with E-state index < -0.39 is 0 Å². The Kier molecular flexibility index (Phi) is 2.27. The average Bonchev–Trinajstić information content (AvgIpc) is 1.38. The van der Waals surface area contributed by atoms with Gasteiger partial charge in [0, 0.05) is 0 Å². The Morgan fingerprint density at radius 2 is 2.20 bits per heavy atom. The molecule has 26 valence electrons. The summed E-state index contributed by atoms with van der Waals surface area (Å²) in [6.45, 7) is 0. The zero-order valence-corrected chi connectivity index (χ0v) is 3.94. The molecule has 1 N–H and O–H groups in total.